The molecule has 5 aliphatic carbocycles. The molecule has 0 N–H and O–H groups in total. The Kier molecular flexibility index (Phi) is 5.57. The quantitative estimate of drug-likeness (QED) is 0.284. The number of fused-ring (bicyclic) bond motifs is 7. The molecule has 0 aliphatic heterocycles. The molecule has 0 heterocycles. The highest BCUT2D eigenvalue weighted by Crippen LogP contribution is 2.77. The average Bonchev–Trinajstić information content (AvgIpc) is 2.74. The van der Waals surface area contributed by atoms with Crippen LogP contribution in [0.1, 0.15) is 120 Å². The fourth-order valence-electron chi connectivity index (χ4n) is 11.8. The van der Waals surface area contributed by atoms with Crippen molar-refractivity contribution in [2.75, 3.05) is 0 Å². The van der Waals surface area contributed by atoms with E-state index in [-0.39, 0.29) is 17.5 Å². The van der Waals surface area contributed by atoms with E-state index in [1.807, 2.05) is 0 Å². The standard InChI is InChI=1S/C32H52O2/c1-20-12-15-29(6)18-19-31(8)23(27(29)21(20)2)10-11-25-30(7)16-14-26(34-22(3)33)28(4,5)24(30)13-17-32(25,31)9/h21,23-27H,1,10-19H2,2-9H3/t21-,23+,24-,25+,26-,27-,29+,30-,31+,32+/m1/s1. The summed E-state index contributed by atoms with van der Waals surface area (Å²) in [6.07, 6.45) is 13.2. The fourth-order valence-corrected chi connectivity index (χ4v) is 11.8. The third-order valence-electron chi connectivity index (χ3n) is 13.8. The van der Waals surface area contributed by atoms with E-state index in [0.29, 0.717) is 33.5 Å². The van der Waals surface area contributed by atoms with Crippen molar-refractivity contribution in [3.63, 3.8) is 0 Å². The summed E-state index contributed by atoms with van der Waals surface area (Å²) in [6.45, 7) is 24.2. The highest BCUT2D eigenvalue weighted by atomic mass is 16.5. The second-order valence-corrected chi connectivity index (χ2v) is 15.3. The Morgan fingerprint density at radius 1 is 0.853 bits per heavy atom. The number of hydrogen-bond acceptors (Lipinski definition) is 2. The van der Waals surface area contributed by atoms with Crippen LogP contribution in [0.25, 0.3) is 0 Å². The lowest BCUT2D eigenvalue weighted by atomic mass is 9.31. The molecule has 0 spiro atoms. The molecule has 5 rings (SSSR count). The van der Waals surface area contributed by atoms with Gasteiger partial charge in [-0.25, -0.2) is 0 Å². The molecule has 5 aliphatic rings. The lowest BCUT2D eigenvalue weighted by Crippen LogP contribution is -2.67. The van der Waals surface area contributed by atoms with Gasteiger partial charge in [0.15, 0.2) is 0 Å². The van der Waals surface area contributed by atoms with Gasteiger partial charge in [-0.15, -0.1) is 0 Å². The Morgan fingerprint density at radius 2 is 1.56 bits per heavy atom. The molecule has 2 heteroatoms. The van der Waals surface area contributed by atoms with Gasteiger partial charge < -0.3 is 4.74 Å². The van der Waals surface area contributed by atoms with Crippen molar-refractivity contribution in [2.24, 2.45) is 56.7 Å². The van der Waals surface area contributed by atoms with Crippen LogP contribution in [0.15, 0.2) is 12.2 Å². The van der Waals surface area contributed by atoms with Crippen LogP contribution in [0, 0.1) is 56.7 Å². The molecule has 192 valence electrons. The molecule has 0 aromatic carbocycles. The van der Waals surface area contributed by atoms with Crippen molar-refractivity contribution in [3.8, 4) is 0 Å². The first-order chi connectivity index (χ1) is 15.7. The molecular weight excluding hydrogens is 416 g/mol. The maximum atomic E-state index is 11.9. The number of carbonyl (C=O) groups excluding carboxylic acids is 1. The summed E-state index contributed by atoms with van der Waals surface area (Å²) in [5.74, 6) is 3.64. The Labute approximate surface area is 210 Å². The Morgan fingerprint density at radius 3 is 2.24 bits per heavy atom. The molecule has 0 radical (unpaired) electrons. The summed E-state index contributed by atoms with van der Waals surface area (Å²) in [7, 11) is 0. The van der Waals surface area contributed by atoms with E-state index < -0.39 is 0 Å². The van der Waals surface area contributed by atoms with Crippen LogP contribution in [0.3, 0.4) is 0 Å². The van der Waals surface area contributed by atoms with Gasteiger partial charge in [0, 0.05) is 12.3 Å². The molecule has 0 saturated heterocycles. The van der Waals surface area contributed by atoms with Gasteiger partial charge in [-0.1, -0.05) is 60.6 Å². The minimum Gasteiger partial charge on any atom is -0.462 e. The van der Waals surface area contributed by atoms with Crippen molar-refractivity contribution in [3.05, 3.63) is 12.2 Å². The minimum atomic E-state index is -0.108. The van der Waals surface area contributed by atoms with Gasteiger partial charge in [0.1, 0.15) is 6.10 Å². The van der Waals surface area contributed by atoms with Crippen LogP contribution in [0.4, 0.5) is 0 Å². The second kappa shape index (κ2) is 7.61. The first-order valence-electron chi connectivity index (χ1n) is 14.6. The molecule has 0 aromatic rings. The zero-order valence-corrected chi connectivity index (χ0v) is 23.6. The second-order valence-electron chi connectivity index (χ2n) is 15.3. The monoisotopic (exact) mass is 468 g/mol. The summed E-state index contributed by atoms with van der Waals surface area (Å²) in [4.78, 5) is 11.9. The summed E-state index contributed by atoms with van der Waals surface area (Å²) in [6, 6.07) is 0. The van der Waals surface area contributed by atoms with Crippen molar-refractivity contribution in [1.82, 2.24) is 0 Å². The first-order valence-corrected chi connectivity index (χ1v) is 14.6. The smallest absolute Gasteiger partial charge is 0.302 e. The maximum absolute atomic E-state index is 11.9. The van der Waals surface area contributed by atoms with E-state index in [1.165, 1.54) is 63.4 Å². The molecular formula is C32H52O2. The Balaban J connectivity index is 1.50. The van der Waals surface area contributed by atoms with E-state index in [9.17, 15) is 4.79 Å². The minimum absolute atomic E-state index is 0.0541. The van der Waals surface area contributed by atoms with Crippen LogP contribution >= 0.6 is 0 Å². The van der Waals surface area contributed by atoms with Crippen LogP contribution in [0.5, 0.6) is 0 Å². The average molecular weight is 469 g/mol. The molecule has 34 heavy (non-hydrogen) atoms. The van der Waals surface area contributed by atoms with Crippen LogP contribution < -0.4 is 0 Å². The van der Waals surface area contributed by atoms with Gasteiger partial charge in [-0.2, -0.15) is 0 Å². The van der Waals surface area contributed by atoms with E-state index in [4.69, 9.17) is 4.74 Å². The van der Waals surface area contributed by atoms with Gasteiger partial charge in [0.05, 0.1) is 0 Å². The third-order valence-corrected chi connectivity index (χ3v) is 13.8. The van der Waals surface area contributed by atoms with E-state index in [0.717, 1.165) is 24.2 Å². The molecule has 10 atom stereocenters. The molecule has 5 saturated carbocycles. The summed E-state index contributed by atoms with van der Waals surface area (Å²) >= 11 is 0. The maximum Gasteiger partial charge on any atom is 0.302 e. The number of allylic oxidation sites excluding steroid dienone is 1. The molecule has 5 fully saturated rings. The van der Waals surface area contributed by atoms with E-state index in [2.05, 4.69) is 55.0 Å². The van der Waals surface area contributed by atoms with Crippen molar-refractivity contribution >= 4 is 5.97 Å². The molecule has 0 aromatic heterocycles. The van der Waals surface area contributed by atoms with Crippen LogP contribution in [-0.2, 0) is 9.53 Å². The molecule has 0 bridgehead atoms. The number of ether oxygens (including phenoxy) is 1. The third kappa shape index (κ3) is 3.08. The van der Waals surface area contributed by atoms with Crippen molar-refractivity contribution < 1.29 is 9.53 Å². The molecule has 0 unspecified atom stereocenters. The first kappa shape index (κ1) is 24.9. The summed E-state index contributed by atoms with van der Waals surface area (Å²) in [5.41, 5.74) is 3.28. The molecule has 0 amide bonds. The van der Waals surface area contributed by atoms with Crippen molar-refractivity contribution in [1.29, 1.82) is 0 Å². The summed E-state index contributed by atoms with van der Waals surface area (Å²) in [5, 5.41) is 0. The predicted octanol–water partition coefficient (Wildman–Crippen LogP) is 8.60. The van der Waals surface area contributed by atoms with Crippen LogP contribution in [-0.4, -0.2) is 12.1 Å². The van der Waals surface area contributed by atoms with E-state index >= 15 is 0 Å². The largest absolute Gasteiger partial charge is 0.462 e. The SMILES string of the molecule is C=C1CC[C@@]2(C)CC[C@@]3(C)[C@@H](CC[C@H]4[C@]5(C)CC[C@@H](OC(C)=O)C(C)(C)[C@H]5CC[C@@]43C)[C@H]2[C@@H]1C. The topological polar surface area (TPSA) is 26.3 Å². The number of hydrogen-bond donors (Lipinski definition) is 0. The lowest BCUT2D eigenvalue weighted by Gasteiger charge is -2.73. The van der Waals surface area contributed by atoms with Crippen LogP contribution in [0.2, 0.25) is 0 Å². The van der Waals surface area contributed by atoms with Gasteiger partial charge in [0.25, 0.3) is 0 Å². The Bertz CT molecular complexity index is 872. The highest BCUT2D eigenvalue weighted by molar-refractivity contribution is 5.66. The predicted molar refractivity (Wildman–Crippen MR) is 140 cm³/mol. The van der Waals surface area contributed by atoms with Crippen molar-refractivity contribution in [2.45, 2.75) is 126 Å². The fraction of sp³-hybridized carbons (Fsp3) is 0.906. The lowest BCUT2D eigenvalue weighted by molar-refractivity contribution is -0.253. The zero-order valence-electron chi connectivity index (χ0n) is 23.6. The highest BCUT2D eigenvalue weighted by Gasteiger charge is 2.70. The molecule has 2 nitrogen and oxygen atoms in total. The Hall–Kier alpha value is -0.790. The van der Waals surface area contributed by atoms with Gasteiger partial charge in [0.2, 0.25) is 0 Å². The van der Waals surface area contributed by atoms with E-state index in [1.54, 1.807) is 6.92 Å². The van der Waals surface area contributed by atoms with Gasteiger partial charge >= 0.3 is 5.97 Å². The number of rotatable bonds is 1. The summed E-state index contributed by atoms with van der Waals surface area (Å²) < 4.78 is 5.91. The normalized spacial score (nSPS) is 54.2. The van der Waals surface area contributed by atoms with Gasteiger partial charge in [-0.3, -0.25) is 4.79 Å². The van der Waals surface area contributed by atoms with Gasteiger partial charge in [-0.05, 0) is 115 Å². The number of esters is 1. The number of carbonyl (C=O) groups is 1. The zero-order chi connectivity index (χ0) is 24.9.